The van der Waals surface area contributed by atoms with Crippen LogP contribution in [0.15, 0.2) is 12.1 Å². The molecule has 0 fully saturated rings. The fourth-order valence-electron chi connectivity index (χ4n) is 2.72. The molecular formula is C16H19N3O4S. The van der Waals surface area contributed by atoms with Crippen LogP contribution in [0.25, 0.3) is 0 Å². The van der Waals surface area contributed by atoms with Gasteiger partial charge >= 0.3 is 0 Å². The van der Waals surface area contributed by atoms with Gasteiger partial charge in [-0.1, -0.05) is 0 Å². The maximum Gasteiger partial charge on any atom is 0.238 e. The topological polar surface area (TPSA) is 96.5 Å². The normalized spacial score (nSPS) is 20.1. The van der Waals surface area contributed by atoms with E-state index in [4.69, 9.17) is 9.47 Å². The van der Waals surface area contributed by atoms with Gasteiger partial charge in [0.2, 0.25) is 11.7 Å². The van der Waals surface area contributed by atoms with Gasteiger partial charge < -0.3 is 19.9 Å². The Balaban J connectivity index is 2.17. The van der Waals surface area contributed by atoms with Crippen LogP contribution in [0.4, 0.5) is 5.82 Å². The van der Waals surface area contributed by atoms with Gasteiger partial charge in [0.1, 0.15) is 0 Å². The molecule has 128 valence electrons. The summed E-state index contributed by atoms with van der Waals surface area (Å²) in [5.74, 6) is 1.04. The number of aromatic nitrogens is 2. The highest BCUT2D eigenvalue weighted by atomic mass is 32.2. The summed E-state index contributed by atoms with van der Waals surface area (Å²) in [5.41, 5.74) is 2.65. The van der Waals surface area contributed by atoms with Gasteiger partial charge in [0.05, 0.1) is 24.7 Å². The molecule has 3 rings (SSSR count). The van der Waals surface area contributed by atoms with E-state index in [9.17, 15) is 9.90 Å². The van der Waals surface area contributed by atoms with Crippen molar-refractivity contribution in [2.45, 2.75) is 24.3 Å². The molecule has 0 saturated carbocycles. The first-order valence-electron chi connectivity index (χ1n) is 7.42. The van der Waals surface area contributed by atoms with E-state index in [0.717, 1.165) is 16.8 Å². The van der Waals surface area contributed by atoms with Gasteiger partial charge in [-0.25, -0.2) is 0 Å². The minimum atomic E-state index is -0.255. The van der Waals surface area contributed by atoms with Crippen molar-refractivity contribution in [2.75, 3.05) is 19.5 Å². The van der Waals surface area contributed by atoms with Crippen LogP contribution in [0.2, 0.25) is 0 Å². The van der Waals surface area contributed by atoms with E-state index in [1.54, 1.807) is 12.1 Å². The highest BCUT2D eigenvalue weighted by molar-refractivity contribution is 8.01. The van der Waals surface area contributed by atoms with Gasteiger partial charge in [0.25, 0.3) is 0 Å². The van der Waals surface area contributed by atoms with E-state index in [1.807, 2.05) is 13.8 Å². The number of fused-ring (bicyclic) bond motifs is 1. The average Bonchev–Trinajstić information content (AvgIpc) is 2.86. The molecule has 0 unspecified atom stereocenters. The van der Waals surface area contributed by atoms with Crippen LogP contribution in [0, 0.1) is 6.92 Å². The number of H-pyrrole nitrogens is 1. The lowest BCUT2D eigenvalue weighted by Crippen LogP contribution is -2.21. The van der Waals surface area contributed by atoms with Crippen LogP contribution in [-0.4, -0.2) is 40.7 Å². The summed E-state index contributed by atoms with van der Waals surface area (Å²) >= 11 is 1.51. The zero-order valence-electron chi connectivity index (χ0n) is 13.8. The van der Waals surface area contributed by atoms with Crippen LogP contribution in [0.1, 0.15) is 29.0 Å². The van der Waals surface area contributed by atoms with Crippen molar-refractivity contribution in [3.8, 4) is 17.2 Å². The third kappa shape index (κ3) is 2.66. The number of rotatable bonds is 3. The Kier molecular flexibility index (Phi) is 4.31. The van der Waals surface area contributed by atoms with Gasteiger partial charge in [-0.2, -0.15) is 5.10 Å². The Bertz CT molecular complexity index is 765. The number of aromatic hydroxyl groups is 1. The van der Waals surface area contributed by atoms with Crippen LogP contribution >= 0.6 is 11.8 Å². The summed E-state index contributed by atoms with van der Waals surface area (Å²) in [6.45, 7) is 3.77. The second kappa shape index (κ2) is 6.27. The third-order valence-electron chi connectivity index (χ3n) is 4.01. The quantitative estimate of drug-likeness (QED) is 0.788. The molecule has 7 nitrogen and oxygen atoms in total. The molecule has 2 heterocycles. The molecule has 0 spiro atoms. The number of nitrogens with zero attached hydrogens (tertiary/aromatic N) is 1. The number of thioether (sulfide) groups is 1. The Hall–Kier alpha value is -2.35. The largest absolute Gasteiger partial charge is 0.502 e. The van der Waals surface area contributed by atoms with Crippen molar-refractivity contribution < 1.29 is 19.4 Å². The molecule has 1 aromatic carbocycles. The lowest BCUT2D eigenvalue weighted by molar-refractivity contribution is -0.115. The SMILES string of the molecule is COc1cc([C@H]2S[C@H](C)C(=O)Nc3n[nH]c(C)c32)cc(OC)c1O. The van der Waals surface area contributed by atoms with Crippen LogP contribution in [0.3, 0.4) is 0 Å². The van der Waals surface area contributed by atoms with Gasteiger partial charge in [-0.3, -0.25) is 9.89 Å². The first-order valence-corrected chi connectivity index (χ1v) is 8.36. The van der Waals surface area contributed by atoms with Gasteiger partial charge in [-0.15, -0.1) is 11.8 Å². The van der Waals surface area contributed by atoms with E-state index < -0.39 is 0 Å². The number of nitrogens with one attached hydrogen (secondary N) is 2. The number of phenols is 1. The average molecular weight is 349 g/mol. The minimum Gasteiger partial charge on any atom is -0.502 e. The zero-order chi connectivity index (χ0) is 17.4. The third-order valence-corrected chi connectivity index (χ3v) is 5.42. The summed E-state index contributed by atoms with van der Waals surface area (Å²) in [5, 5.41) is 19.7. The number of hydrogen-bond acceptors (Lipinski definition) is 6. The van der Waals surface area contributed by atoms with E-state index in [-0.39, 0.29) is 22.2 Å². The second-order valence-corrected chi connectivity index (χ2v) is 6.98. The number of carbonyl (C=O) groups is 1. The molecule has 1 aromatic heterocycles. The monoisotopic (exact) mass is 349 g/mol. The predicted molar refractivity (Wildman–Crippen MR) is 92.1 cm³/mol. The van der Waals surface area contributed by atoms with Gasteiger partial charge in [0, 0.05) is 11.3 Å². The first kappa shape index (κ1) is 16.5. The number of amides is 1. The van der Waals surface area contributed by atoms with Gasteiger partial charge in [0.15, 0.2) is 17.3 Å². The van der Waals surface area contributed by atoms with Crippen molar-refractivity contribution in [1.29, 1.82) is 0 Å². The molecule has 0 bridgehead atoms. The number of phenolic OH excluding ortho intramolecular Hbond substituents is 1. The van der Waals surface area contributed by atoms with E-state index in [0.29, 0.717) is 17.3 Å². The number of methoxy groups -OCH3 is 2. The number of benzene rings is 1. The molecule has 1 aliphatic heterocycles. The smallest absolute Gasteiger partial charge is 0.238 e. The molecule has 0 radical (unpaired) electrons. The number of aryl methyl sites for hydroxylation is 1. The highest BCUT2D eigenvalue weighted by Gasteiger charge is 2.33. The van der Waals surface area contributed by atoms with Crippen molar-refractivity contribution in [3.63, 3.8) is 0 Å². The van der Waals surface area contributed by atoms with Crippen molar-refractivity contribution in [2.24, 2.45) is 0 Å². The number of carbonyl (C=O) groups excluding carboxylic acids is 1. The number of ether oxygens (including phenoxy) is 2. The van der Waals surface area contributed by atoms with Crippen LogP contribution in [0.5, 0.6) is 17.2 Å². The molecule has 2 aromatic rings. The maximum absolute atomic E-state index is 12.2. The second-order valence-electron chi connectivity index (χ2n) is 5.53. The molecule has 1 amide bonds. The summed E-state index contributed by atoms with van der Waals surface area (Å²) < 4.78 is 10.5. The Morgan fingerprint density at radius 2 is 1.88 bits per heavy atom. The minimum absolute atomic E-state index is 0.0474. The molecule has 24 heavy (non-hydrogen) atoms. The highest BCUT2D eigenvalue weighted by Crippen LogP contribution is 2.48. The first-order chi connectivity index (χ1) is 11.5. The lowest BCUT2D eigenvalue weighted by atomic mass is 10.0. The maximum atomic E-state index is 12.2. The van der Waals surface area contributed by atoms with Crippen LogP contribution < -0.4 is 14.8 Å². The molecular weight excluding hydrogens is 330 g/mol. The number of hydrogen-bond donors (Lipinski definition) is 3. The fraction of sp³-hybridized carbons (Fsp3) is 0.375. The number of anilines is 1. The van der Waals surface area contributed by atoms with Crippen molar-refractivity contribution >= 4 is 23.5 Å². The Morgan fingerprint density at radius 3 is 2.46 bits per heavy atom. The Morgan fingerprint density at radius 1 is 1.25 bits per heavy atom. The molecule has 0 saturated heterocycles. The van der Waals surface area contributed by atoms with Gasteiger partial charge in [-0.05, 0) is 31.5 Å². The predicted octanol–water partition coefficient (Wildman–Crippen LogP) is 2.60. The summed E-state index contributed by atoms with van der Waals surface area (Å²) in [6, 6.07) is 3.52. The molecule has 8 heteroatoms. The standard InChI is InChI=1S/C16H19N3O4S/c1-7-12-14(24-8(2)16(21)17-15(12)19-18-7)9-5-10(22-3)13(20)11(6-9)23-4/h5-6,8,14,20H,1-4H3,(H2,17,18,19,21)/t8-,14-/m1/s1. The van der Waals surface area contributed by atoms with E-state index in [1.165, 1.54) is 26.0 Å². The van der Waals surface area contributed by atoms with Crippen LogP contribution in [-0.2, 0) is 4.79 Å². The summed E-state index contributed by atoms with van der Waals surface area (Å²) in [7, 11) is 2.97. The Labute approximate surface area is 143 Å². The number of aromatic amines is 1. The molecule has 2 atom stereocenters. The van der Waals surface area contributed by atoms with Crippen molar-refractivity contribution in [1.82, 2.24) is 10.2 Å². The van der Waals surface area contributed by atoms with Crippen molar-refractivity contribution in [3.05, 3.63) is 29.0 Å². The zero-order valence-corrected chi connectivity index (χ0v) is 14.7. The fourth-order valence-corrected chi connectivity index (χ4v) is 4.03. The molecule has 1 aliphatic rings. The molecule has 0 aliphatic carbocycles. The lowest BCUT2D eigenvalue weighted by Gasteiger charge is -2.20. The van der Waals surface area contributed by atoms with E-state index in [2.05, 4.69) is 15.5 Å². The summed E-state index contributed by atoms with van der Waals surface area (Å²) in [6.07, 6.45) is 0. The molecule has 3 N–H and O–H groups in total. The van der Waals surface area contributed by atoms with E-state index >= 15 is 0 Å². The summed E-state index contributed by atoms with van der Waals surface area (Å²) in [4.78, 5) is 12.2.